The van der Waals surface area contributed by atoms with Gasteiger partial charge < -0.3 is 0 Å². The van der Waals surface area contributed by atoms with Gasteiger partial charge in [-0.2, -0.15) is 0 Å². The van der Waals surface area contributed by atoms with E-state index in [-0.39, 0.29) is 0 Å². The molecule has 2 rings (SSSR count). The molecule has 0 heteroatoms. The summed E-state index contributed by atoms with van der Waals surface area (Å²) in [7, 11) is 0. The van der Waals surface area contributed by atoms with Crippen molar-refractivity contribution in [3.63, 3.8) is 0 Å². The second-order valence-corrected chi connectivity index (χ2v) is 4.09. The molecule has 0 spiro atoms. The molecule has 0 amide bonds. The van der Waals surface area contributed by atoms with Crippen molar-refractivity contribution in [1.82, 2.24) is 0 Å². The van der Waals surface area contributed by atoms with Gasteiger partial charge >= 0.3 is 0 Å². The lowest BCUT2D eigenvalue weighted by atomic mass is 9.97. The standard InChI is InChI=1S/C15H16.2C2H6/c1-5-12-11(4)14-8-7-10(3)9-15(14)13(12)6-2;2*1-2/h5-9,11H,1-2H2,3-4H3;2*1-2H3. The topological polar surface area (TPSA) is 0 Å². The molecule has 1 aliphatic rings. The van der Waals surface area contributed by atoms with Crippen LogP contribution >= 0.6 is 0 Å². The number of hydrogen-bond donors (Lipinski definition) is 0. The first-order chi connectivity index (χ1) is 9.19. The van der Waals surface area contributed by atoms with Gasteiger partial charge in [-0.15, -0.1) is 0 Å². The molecular formula is C19H28. The van der Waals surface area contributed by atoms with Crippen molar-refractivity contribution >= 4 is 5.57 Å². The first kappa shape index (κ1) is 17.4. The van der Waals surface area contributed by atoms with Crippen LogP contribution in [0.2, 0.25) is 0 Å². The van der Waals surface area contributed by atoms with Crippen LogP contribution in [0.25, 0.3) is 5.57 Å². The largest absolute Gasteiger partial charge is 0.0987 e. The second-order valence-electron chi connectivity index (χ2n) is 4.09. The molecule has 1 atom stereocenters. The van der Waals surface area contributed by atoms with Crippen LogP contribution in [-0.2, 0) is 0 Å². The van der Waals surface area contributed by atoms with E-state index in [0.29, 0.717) is 5.92 Å². The predicted octanol–water partition coefficient (Wildman–Crippen LogP) is 6.29. The number of allylic oxidation sites excluding steroid dienone is 4. The van der Waals surface area contributed by atoms with Gasteiger partial charge in [0.05, 0.1) is 0 Å². The van der Waals surface area contributed by atoms with Crippen LogP contribution in [0.5, 0.6) is 0 Å². The summed E-state index contributed by atoms with van der Waals surface area (Å²) in [5.41, 5.74) is 6.56. The Bertz CT molecular complexity index is 461. The zero-order valence-electron chi connectivity index (χ0n) is 13.4. The van der Waals surface area contributed by atoms with Gasteiger partial charge in [-0.05, 0) is 29.2 Å². The summed E-state index contributed by atoms with van der Waals surface area (Å²) in [6.07, 6.45) is 3.90. The van der Waals surface area contributed by atoms with Gasteiger partial charge in [-0.3, -0.25) is 0 Å². The second kappa shape index (κ2) is 8.53. The quantitative estimate of drug-likeness (QED) is 0.583. The third-order valence-electron chi connectivity index (χ3n) is 3.17. The van der Waals surface area contributed by atoms with Gasteiger partial charge in [0, 0.05) is 5.92 Å². The first-order valence-electron chi connectivity index (χ1n) is 7.29. The Morgan fingerprint density at radius 1 is 1.00 bits per heavy atom. The molecule has 0 saturated heterocycles. The van der Waals surface area contributed by atoms with Gasteiger partial charge in [0.2, 0.25) is 0 Å². The summed E-state index contributed by atoms with van der Waals surface area (Å²) >= 11 is 0. The minimum atomic E-state index is 0.450. The molecule has 0 aliphatic heterocycles. The summed E-state index contributed by atoms with van der Waals surface area (Å²) in [5.74, 6) is 0.450. The molecule has 0 aromatic heterocycles. The molecule has 19 heavy (non-hydrogen) atoms. The van der Waals surface area contributed by atoms with Gasteiger partial charge in [0.25, 0.3) is 0 Å². The summed E-state index contributed by atoms with van der Waals surface area (Å²) in [4.78, 5) is 0. The molecule has 0 fully saturated rings. The summed E-state index contributed by atoms with van der Waals surface area (Å²) in [6.45, 7) is 20.1. The van der Waals surface area contributed by atoms with Crippen molar-refractivity contribution in [2.24, 2.45) is 0 Å². The molecule has 0 heterocycles. The highest BCUT2D eigenvalue weighted by atomic mass is 14.3. The third kappa shape index (κ3) is 3.47. The molecule has 1 aromatic carbocycles. The zero-order valence-corrected chi connectivity index (χ0v) is 13.4. The van der Waals surface area contributed by atoms with Crippen molar-refractivity contribution in [2.45, 2.75) is 47.5 Å². The fourth-order valence-corrected chi connectivity index (χ4v) is 2.35. The van der Waals surface area contributed by atoms with Crippen LogP contribution in [-0.4, -0.2) is 0 Å². The monoisotopic (exact) mass is 256 g/mol. The van der Waals surface area contributed by atoms with Crippen LogP contribution < -0.4 is 0 Å². The Hall–Kier alpha value is -1.56. The zero-order chi connectivity index (χ0) is 15.0. The summed E-state index contributed by atoms with van der Waals surface area (Å²) in [5, 5.41) is 0. The molecular weight excluding hydrogens is 228 g/mol. The lowest BCUT2D eigenvalue weighted by Crippen LogP contribution is -1.90. The van der Waals surface area contributed by atoms with E-state index in [1.807, 2.05) is 39.8 Å². The Morgan fingerprint density at radius 3 is 2.05 bits per heavy atom. The molecule has 0 saturated carbocycles. The van der Waals surface area contributed by atoms with Crippen LogP contribution in [0, 0.1) is 6.92 Å². The van der Waals surface area contributed by atoms with E-state index < -0.39 is 0 Å². The SMILES string of the molecule is C=CC1=C(C=C)C(C)c2ccc(C)cc21.CC.CC. The Balaban J connectivity index is 0.000000741. The van der Waals surface area contributed by atoms with Crippen LogP contribution in [0.3, 0.4) is 0 Å². The highest BCUT2D eigenvalue weighted by Crippen LogP contribution is 2.42. The minimum Gasteiger partial charge on any atom is -0.0987 e. The van der Waals surface area contributed by atoms with Crippen LogP contribution in [0.4, 0.5) is 0 Å². The molecule has 0 N–H and O–H groups in total. The highest BCUT2D eigenvalue weighted by molar-refractivity contribution is 5.85. The normalized spacial score (nSPS) is 15.6. The average Bonchev–Trinajstić information content (AvgIpc) is 2.74. The highest BCUT2D eigenvalue weighted by Gasteiger charge is 2.24. The Labute approximate surface area is 119 Å². The van der Waals surface area contributed by atoms with Crippen molar-refractivity contribution < 1.29 is 0 Å². The van der Waals surface area contributed by atoms with E-state index in [1.165, 1.54) is 27.8 Å². The van der Waals surface area contributed by atoms with Gasteiger partial charge in [0.15, 0.2) is 0 Å². The summed E-state index contributed by atoms with van der Waals surface area (Å²) < 4.78 is 0. The molecule has 0 radical (unpaired) electrons. The third-order valence-corrected chi connectivity index (χ3v) is 3.17. The van der Waals surface area contributed by atoms with Crippen molar-refractivity contribution in [3.05, 3.63) is 65.8 Å². The van der Waals surface area contributed by atoms with Crippen LogP contribution in [0.15, 0.2) is 49.1 Å². The molecule has 1 aliphatic carbocycles. The van der Waals surface area contributed by atoms with Crippen molar-refractivity contribution in [3.8, 4) is 0 Å². The lowest BCUT2D eigenvalue weighted by Gasteiger charge is -2.07. The smallest absolute Gasteiger partial charge is 0.00730 e. The number of aryl methyl sites for hydroxylation is 1. The maximum atomic E-state index is 3.90. The minimum absolute atomic E-state index is 0.450. The molecule has 1 aromatic rings. The van der Waals surface area contributed by atoms with Gasteiger partial charge in [0.1, 0.15) is 0 Å². The molecule has 0 nitrogen and oxygen atoms in total. The number of hydrogen-bond acceptors (Lipinski definition) is 0. The van der Waals surface area contributed by atoms with Gasteiger partial charge in [-0.1, -0.05) is 83.7 Å². The van der Waals surface area contributed by atoms with E-state index in [0.717, 1.165) is 0 Å². The maximum absolute atomic E-state index is 3.90. The molecule has 104 valence electrons. The fraction of sp³-hybridized carbons (Fsp3) is 0.368. The van der Waals surface area contributed by atoms with E-state index in [4.69, 9.17) is 0 Å². The molecule has 0 bridgehead atoms. The first-order valence-corrected chi connectivity index (χ1v) is 7.29. The van der Waals surface area contributed by atoms with Gasteiger partial charge in [-0.25, -0.2) is 0 Å². The van der Waals surface area contributed by atoms with E-state index >= 15 is 0 Å². The Morgan fingerprint density at radius 2 is 1.58 bits per heavy atom. The number of fused-ring (bicyclic) bond motifs is 1. The summed E-state index contributed by atoms with van der Waals surface area (Å²) in [6, 6.07) is 6.62. The van der Waals surface area contributed by atoms with Crippen molar-refractivity contribution in [1.29, 1.82) is 0 Å². The number of rotatable bonds is 2. The van der Waals surface area contributed by atoms with Crippen molar-refractivity contribution in [2.75, 3.05) is 0 Å². The maximum Gasteiger partial charge on any atom is 0.00730 e. The molecule has 1 unspecified atom stereocenters. The predicted molar refractivity (Wildman–Crippen MR) is 89.6 cm³/mol. The van der Waals surface area contributed by atoms with Crippen LogP contribution in [0.1, 0.15) is 57.2 Å². The average molecular weight is 256 g/mol. The van der Waals surface area contributed by atoms with E-state index in [2.05, 4.69) is 45.2 Å². The Kier molecular flexibility index (Phi) is 7.83. The fourth-order valence-electron chi connectivity index (χ4n) is 2.35. The lowest BCUT2D eigenvalue weighted by molar-refractivity contribution is 0.947. The van der Waals surface area contributed by atoms with E-state index in [1.54, 1.807) is 0 Å². The van der Waals surface area contributed by atoms with E-state index in [9.17, 15) is 0 Å². The number of benzene rings is 1.